The number of alkyl halides is 3. The zero-order valence-corrected chi connectivity index (χ0v) is 31.9. The highest BCUT2D eigenvalue weighted by Gasteiger charge is 2.55. The summed E-state index contributed by atoms with van der Waals surface area (Å²) in [6.07, 6.45) is 4.93. The molecule has 0 bridgehead atoms. The molecule has 20 nitrogen and oxygen atoms in total. The highest BCUT2D eigenvalue weighted by atomic mass is 35.5. The van der Waals surface area contributed by atoms with E-state index in [0.717, 1.165) is 79.7 Å². The maximum Gasteiger partial charge on any atom is 0.490 e. The minimum atomic E-state index is -5.08. The van der Waals surface area contributed by atoms with Gasteiger partial charge in [-0.1, -0.05) is 11.6 Å². The van der Waals surface area contributed by atoms with E-state index in [4.69, 9.17) is 31.8 Å². The maximum atomic E-state index is 11.4. The Labute approximate surface area is 313 Å². The van der Waals surface area contributed by atoms with Gasteiger partial charge in [-0.05, 0) is 31.1 Å². The van der Waals surface area contributed by atoms with Gasteiger partial charge < -0.3 is 15.3 Å². The lowest BCUT2D eigenvalue weighted by Gasteiger charge is -2.60. The molecule has 4 aliphatic rings. The summed E-state index contributed by atoms with van der Waals surface area (Å²) >= 11 is 5.77. The van der Waals surface area contributed by atoms with Crippen LogP contribution in [-0.2, 0) is 39.3 Å². The van der Waals surface area contributed by atoms with Crippen molar-refractivity contribution in [3.8, 4) is 0 Å². The van der Waals surface area contributed by atoms with Gasteiger partial charge >= 0.3 is 12.1 Å². The number of nitrogens with one attached hydrogen (secondary N) is 1. The fourth-order valence-electron chi connectivity index (χ4n) is 6.88. The second-order valence-electron chi connectivity index (χ2n) is 13.9. The Kier molecular flexibility index (Phi) is 11.5. The van der Waals surface area contributed by atoms with Gasteiger partial charge in [0, 0.05) is 71.9 Å². The number of aromatic nitrogens is 8. The second-order valence-corrected chi connectivity index (χ2v) is 17.5. The van der Waals surface area contributed by atoms with Crippen molar-refractivity contribution in [2.24, 2.45) is 35.2 Å². The second kappa shape index (κ2) is 15.0. The van der Waals surface area contributed by atoms with E-state index in [0.29, 0.717) is 10.6 Å². The molecular formula is C28H40ClF3N14O6S2. The van der Waals surface area contributed by atoms with Crippen LogP contribution in [0.1, 0.15) is 25.7 Å². The van der Waals surface area contributed by atoms with Crippen molar-refractivity contribution in [2.45, 2.75) is 43.9 Å². The van der Waals surface area contributed by atoms with Gasteiger partial charge in [-0.25, -0.2) is 35.0 Å². The van der Waals surface area contributed by atoms with Gasteiger partial charge in [-0.15, -0.1) is 0 Å². The van der Waals surface area contributed by atoms with Crippen LogP contribution in [-0.4, -0.2) is 135 Å². The molecule has 4 aromatic rings. The quantitative estimate of drug-likeness (QED) is 0.193. The topological polar surface area (TPSA) is 267 Å². The molecule has 0 aromatic carbocycles. The molecular weight excluding hydrogens is 785 g/mol. The smallest absolute Gasteiger partial charge is 0.475 e. The number of hydrogen-bond acceptors (Lipinski definition) is 13. The fraction of sp³-hybridized carbons (Fsp3) is 0.607. The van der Waals surface area contributed by atoms with Gasteiger partial charge in [0.15, 0.2) is 11.3 Å². The summed E-state index contributed by atoms with van der Waals surface area (Å²) in [6, 6.07) is 0.132. The van der Waals surface area contributed by atoms with E-state index >= 15 is 0 Å². The molecule has 2 aliphatic heterocycles. The lowest BCUT2D eigenvalue weighted by atomic mass is 9.60. The number of anilines is 1. The Hall–Kier alpha value is -3.85. The van der Waals surface area contributed by atoms with Crippen LogP contribution in [0.5, 0.6) is 0 Å². The molecule has 6 heterocycles. The van der Waals surface area contributed by atoms with Gasteiger partial charge in [0.25, 0.3) is 20.4 Å². The average molecular weight is 825 g/mol. The zero-order chi connectivity index (χ0) is 40.0. The van der Waals surface area contributed by atoms with E-state index in [-0.39, 0.29) is 17.5 Å². The molecule has 4 aromatic heterocycles. The third-order valence-corrected chi connectivity index (χ3v) is 12.6. The van der Waals surface area contributed by atoms with E-state index in [9.17, 15) is 30.0 Å². The van der Waals surface area contributed by atoms with Crippen molar-refractivity contribution >= 4 is 65.9 Å². The van der Waals surface area contributed by atoms with Gasteiger partial charge in [0.2, 0.25) is 0 Å². The number of carboxylic acid groups (broad SMARTS) is 1. The van der Waals surface area contributed by atoms with Crippen LogP contribution in [0, 0.1) is 10.8 Å². The van der Waals surface area contributed by atoms with Gasteiger partial charge in [-0.2, -0.15) is 48.8 Å². The van der Waals surface area contributed by atoms with Gasteiger partial charge in [0.05, 0.1) is 23.2 Å². The van der Waals surface area contributed by atoms with Crippen LogP contribution in [0.25, 0.3) is 22.1 Å². The number of nitrogens with zero attached hydrogens (tertiary/aromatic N) is 11. The Morgan fingerprint density at radius 1 is 0.852 bits per heavy atom. The van der Waals surface area contributed by atoms with Crippen molar-refractivity contribution in [3.63, 3.8) is 0 Å². The summed E-state index contributed by atoms with van der Waals surface area (Å²) in [5, 5.41) is 30.9. The Balaban J connectivity index is 0.000000153. The monoisotopic (exact) mass is 824 g/mol. The Bertz CT molecular complexity index is 2210. The van der Waals surface area contributed by atoms with E-state index in [2.05, 4.69) is 40.3 Å². The number of hydrogen-bond donors (Lipinski definition) is 4. The van der Waals surface area contributed by atoms with Crippen molar-refractivity contribution in [1.29, 1.82) is 0 Å². The number of carboxylic acids is 1. The average Bonchev–Trinajstić information content (AvgIpc) is 3.57. The van der Waals surface area contributed by atoms with Crippen LogP contribution in [0.4, 0.5) is 19.0 Å². The molecule has 4 fully saturated rings. The summed E-state index contributed by atoms with van der Waals surface area (Å²) < 4.78 is 82.4. The lowest BCUT2D eigenvalue weighted by molar-refractivity contribution is -0.192. The largest absolute Gasteiger partial charge is 0.490 e. The minimum absolute atomic E-state index is 0.0101. The normalized spacial score (nSPS) is 20.1. The van der Waals surface area contributed by atoms with Crippen LogP contribution in [0.15, 0.2) is 25.0 Å². The Morgan fingerprint density at radius 2 is 1.28 bits per heavy atom. The van der Waals surface area contributed by atoms with Gasteiger partial charge in [0.1, 0.15) is 23.6 Å². The van der Waals surface area contributed by atoms with Crippen LogP contribution < -0.4 is 20.5 Å². The standard InChI is InChI=1S/C13H19N7O2S.C7H15N3O2S.C6H5ClN4.C2HF3O2/c1-18-11-10(5-17-18)12(16-8-15-11)20-6-13(7-20)3-9(4-13)19(2)23(14,21)22;1-10(13(8,11)12)6-2-7(3-6)4-9-5-7;1-11-6-4(2-10-11)5(7)8-3-9-6;3-2(4,5)1(6)7/h5,8-9H,3-4,6-7H2,1-2H3,(H2,14,21,22);6,9H,2-5H2,1H3,(H2,8,11,12);2-3H,1H3;(H,6,7). The molecule has 0 unspecified atom stereocenters. The maximum absolute atomic E-state index is 11.4. The number of aryl methyl sites for hydroxylation is 2. The van der Waals surface area contributed by atoms with E-state index < -0.39 is 32.6 Å². The molecule has 0 radical (unpaired) electrons. The number of nitrogens with two attached hydrogens (primary N) is 2. The summed E-state index contributed by atoms with van der Waals surface area (Å²) in [5.74, 6) is -1.86. The highest BCUT2D eigenvalue weighted by Crippen LogP contribution is 2.51. The molecule has 54 heavy (non-hydrogen) atoms. The highest BCUT2D eigenvalue weighted by molar-refractivity contribution is 7.87. The van der Waals surface area contributed by atoms with E-state index in [1.54, 1.807) is 42.2 Å². The molecule has 0 amide bonds. The summed E-state index contributed by atoms with van der Waals surface area (Å²) in [7, 11) is -0.314. The first-order valence-corrected chi connectivity index (χ1v) is 19.5. The third kappa shape index (κ3) is 8.82. The number of rotatable bonds is 5. The molecule has 2 aliphatic carbocycles. The zero-order valence-electron chi connectivity index (χ0n) is 29.5. The number of fused-ring (bicyclic) bond motifs is 2. The predicted molar refractivity (Wildman–Crippen MR) is 189 cm³/mol. The van der Waals surface area contributed by atoms with Crippen molar-refractivity contribution in [2.75, 3.05) is 45.2 Å². The number of halogens is 4. The van der Waals surface area contributed by atoms with Crippen LogP contribution >= 0.6 is 11.6 Å². The number of aliphatic carboxylic acids is 1. The number of carbonyl (C=O) groups is 1. The summed E-state index contributed by atoms with van der Waals surface area (Å²) in [6.45, 7) is 3.82. The van der Waals surface area contributed by atoms with E-state index in [1.165, 1.54) is 14.9 Å². The lowest BCUT2D eigenvalue weighted by Crippen LogP contribution is -2.67. The molecule has 0 atom stereocenters. The van der Waals surface area contributed by atoms with Crippen LogP contribution in [0.2, 0.25) is 5.15 Å². The molecule has 2 spiro atoms. The SMILES string of the molecule is CN(C1CC2(C1)CN(c1ncnc3c1cnn3C)C2)S(N)(=O)=O.CN(C1CC2(CNC2)C1)S(N)(=O)=O.Cn1ncc2c(Cl)ncnc21.O=C(O)C(F)(F)F. The molecule has 8 rings (SSSR count). The molecule has 298 valence electrons. The summed E-state index contributed by atoms with van der Waals surface area (Å²) in [5.41, 5.74) is 2.15. The fourth-order valence-corrected chi connectivity index (χ4v) is 8.19. The molecule has 2 saturated carbocycles. The third-order valence-electron chi connectivity index (χ3n) is 10.1. The van der Waals surface area contributed by atoms with Crippen LogP contribution in [0.3, 0.4) is 0 Å². The predicted octanol–water partition coefficient (Wildman–Crippen LogP) is -0.00890. The van der Waals surface area contributed by atoms with Crippen molar-refractivity contribution in [3.05, 3.63) is 30.2 Å². The molecule has 2 saturated heterocycles. The van der Waals surface area contributed by atoms with E-state index in [1.807, 2.05) is 14.1 Å². The first-order chi connectivity index (χ1) is 25.0. The first kappa shape index (κ1) is 41.3. The van der Waals surface area contributed by atoms with Gasteiger partial charge in [-0.3, -0.25) is 9.36 Å². The first-order valence-electron chi connectivity index (χ1n) is 16.1. The van der Waals surface area contributed by atoms with Crippen molar-refractivity contribution in [1.82, 2.24) is 53.4 Å². The Morgan fingerprint density at radius 3 is 1.69 bits per heavy atom. The minimum Gasteiger partial charge on any atom is -0.475 e. The molecule has 6 N–H and O–H groups in total. The van der Waals surface area contributed by atoms with Crippen molar-refractivity contribution < 1.29 is 39.9 Å². The molecule has 26 heteroatoms. The summed E-state index contributed by atoms with van der Waals surface area (Å²) in [4.78, 5) is 27.6.